The van der Waals surface area contributed by atoms with Crippen molar-refractivity contribution in [3.8, 4) is 11.7 Å². The zero-order valence-corrected chi connectivity index (χ0v) is 18.9. The molecule has 1 aliphatic heterocycles. The molecule has 0 spiro atoms. The first-order valence-corrected chi connectivity index (χ1v) is 12.0. The Morgan fingerprint density at radius 3 is 2.55 bits per heavy atom. The van der Waals surface area contributed by atoms with Crippen molar-refractivity contribution in [2.24, 2.45) is 0 Å². The molecule has 2 N–H and O–H groups in total. The lowest BCUT2D eigenvalue weighted by atomic mass is 10.1. The minimum atomic E-state index is -3.71. The van der Waals surface area contributed by atoms with Gasteiger partial charge in [-0.05, 0) is 39.7 Å². The molecule has 2 atom stereocenters. The van der Waals surface area contributed by atoms with Gasteiger partial charge in [-0.1, -0.05) is 0 Å². The monoisotopic (exact) mass is 445 g/mol. The van der Waals surface area contributed by atoms with E-state index in [2.05, 4.69) is 44.0 Å². The number of aromatic nitrogens is 4. The number of anilines is 1. The lowest BCUT2D eigenvalue weighted by Gasteiger charge is -2.38. The van der Waals surface area contributed by atoms with Crippen molar-refractivity contribution in [1.29, 1.82) is 0 Å². The molecule has 1 aliphatic carbocycles. The van der Waals surface area contributed by atoms with Crippen LogP contribution in [-0.4, -0.2) is 58.7 Å². The van der Waals surface area contributed by atoms with Gasteiger partial charge in [0.1, 0.15) is 4.90 Å². The van der Waals surface area contributed by atoms with Gasteiger partial charge in [0.15, 0.2) is 0 Å². The highest BCUT2D eigenvalue weighted by atomic mass is 32.2. The number of hydrogen-bond donors (Lipinski definition) is 2. The van der Waals surface area contributed by atoms with Gasteiger partial charge < -0.3 is 14.6 Å². The van der Waals surface area contributed by atoms with Crippen LogP contribution in [0.3, 0.4) is 0 Å². The fourth-order valence-electron chi connectivity index (χ4n) is 4.20. The Labute approximate surface area is 181 Å². The Morgan fingerprint density at radius 2 is 1.94 bits per heavy atom. The van der Waals surface area contributed by atoms with Crippen LogP contribution in [0.4, 0.5) is 5.69 Å². The first-order valence-electron chi connectivity index (χ1n) is 10.5. The van der Waals surface area contributed by atoms with Gasteiger partial charge in [-0.2, -0.15) is 0 Å². The Hall–Kier alpha value is -2.50. The molecular weight excluding hydrogens is 418 g/mol. The van der Waals surface area contributed by atoms with Gasteiger partial charge in [-0.3, -0.25) is 4.40 Å². The Kier molecular flexibility index (Phi) is 4.61. The molecule has 0 aromatic carbocycles. The maximum Gasteiger partial charge on any atom is 0.284 e. The summed E-state index contributed by atoms with van der Waals surface area (Å²) in [6.45, 7) is 9.40. The van der Waals surface area contributed by atoms with E-state index in [0.29, 0.717) is 11.7 Å². The van der Waals surface area contributed by atoms with E-state index in [1.54, 1.807) is 29.8 Å². The van der Waals surface area contributed by atoms with E-state index in [4.69, 9.17) is 4.42 Å². The fraction of sp³-hybridized carbons (Fsp3) is 0.550. The van der Waals surface area contributed by atoms with Crippen molar-refractivity contribution in [3.63, 3.8) is 0 Å². The third-order valence-corrected chi connectivity index (χ3v) is 7.51. The van der Waals surface area contributed by atoms with E-state index in [-0.39, 0.29) is 28.4 Å². The minimum absolute atomic E-state index is 0.192. The second-order valence-corrected chi connectivity index (χ2v) is 10.7. The van der Waals surface area contributed by atoms with Gasteiger partial charge in [0.2, 0.25) is 21.7 Å². The van der Waals surface area contributed by atoms with Crippen LogP contribution in [0, 0.1) is 6.92 Å². The molecule has 166 valence electrons. The highest BCUT2D eigenvalue weighted by Crippen LogP contribution is 2.37. The molecule has 5 rings (SSSR count). The molecule has 10 nitrogen and oxygen atoms in total. The first-order chi connectivity index (χ1) is 14.6. The van der Waals surface area contributed by atoms with Crippen molar-refractivity contribution < 1.29 is 12.8 Å². The Bertz CT molecular complexity index is 1230. The van der Waals surface area contributed by atoms with Gasteiger partial charge in [0.05, 0.1) is 17.4 Å². The lowest BCUT2D eigenvalue weighted by molar-refractivity contribution is 0.407. The van der Waals surface area contributed by atoms with Gasteiger partial charge in [-0.15, -0.1) is 10.2 Å². The van der Waals surface area contributed by atoms with Gasteiger partial charge >= 0.3 is 0 Å². The van der Waals surface area contributed by atoms with Crippen LogP contribution in [0.25, 0.3) is 17.2 Å². The van der Waals surface area contributed by atoms with Crippen LogP contribution in [0.5, 0.6) is 0 Å². The molecule has 3 aromatic heterocycles. The summed E-state index contributed by atoms with van der Waals surface area (Å²) in [5.41, 5.74) is 1.25. The number of rotatable bonds is 5. The average molecular weight is 446 g/mol. The normalized spacial score (nSPS) is 23.4. The number of fused-ring (bicyclic) bond motifs is 1. The first kappa shape index (κ1) is 20.4. The third kappa shape index (κ3) is 3.81. The molecule has 0 radical (unpaired) electrons. The largest absolute Gasteiger partial charge is 0.419 e. The molecule has 0 bridgehead atoms. The van der Waals surface area contributed by atoms with Gasteiger partial charge in [0.25, 0.3) is 5.89 Å². The fourth-order valence-corrected chi connectivity index (χ4v) is 5.68. The molecule has 1 saturated heterocycles. The topological polar surface area (TPSA) is 118 Å². The summed E-state index contributed by atoms with van der Waals surface area (Å²) in [5, 5.41) is 11.5. The van der Waals surface area contributed by atoms with E-state index in [1.165, 1.54) is 0 Å². The van der Waals surface area contributed by atoms with Crippen LogP contribution in [0.2, 0.25) is 0 Å². The summed E-state index contributed by atoms with van der Waals surface area (Å²) < 4.78 is 36.6. The molecule has 3 aromatic rings. The minimum Gasteiger partial charge on any atom is -0.419 e. The van der Waals surface area contributed by atoms with E-state index in [9.17, 15) is 8.42 Å². The molecule has 0 unspecified atom stereocenters. The quantitative estimate of drug-likeness (QED) is 0.609. The number of piperazine rings is 1. The summed E-state index contributed by atoms with van der Waals surface area (Å²) in [7, 11) is -3.71. The van der Waals surface area contributed by atoms with E-state index in [0.717, 1.165) is 37.1 Å². The predicted octanol–water partition coefficient (Wildman–Crippen LogP) is 1.71. The summed E-state index contributed by atoms with van der Waals surface area (Å²) in [6, 6.07) is 2.29. The second kappa shape index (κ2) is 7.01. The smallest absolute Gasteiger partial charge is 0.284 e. The van der Waals surface area contributed by atoms with Crippen molar-refractivity contribution in [2.75, 3.05) is 18.0 Å². The lowest BCUT2D eigenvalue weighted by Crippen LogP contribution is -2.54. The second-order valence-electron chi connectivity index (χ2n) is 9.06. The maximum atomic E-state index is 13.2. The van der Waals surface area contributed by atoms with Crippen molar-refractivity contribution >= 4 is 21.2 Å². The Morgan fingerprint density at radius 1 is 1.23 bits per heavy atom. The van der Waals surface area contributed by atoms with Gasteiger partial charge in [-0.25, -0.2) is 18.1 Å². The van der Waals surface area contributed by atoms with Crippen LogP contribution < -0.4 is 14.9 Å². The number of nitrogens with zero attached hydrogens (tertiary/aromatic N) is 5. The van der Waals surface area contributed by atoms with E-state index in [1.807, 2.05) is 6.92 Å². The van der Waals surface area contributed by atoms with Crippen LogP contribution >= 0.6 is 0 Å². The van der Waals surface area contributed by atoms with Crippen LogP contribution in [0.15, 0.2) is 27.8 Å². The number of aryl methyl sites for hydroxylation is 1. The summed E-state index contributed by atoms with van der Waals surface area (Å²) >= 11 is 0. The number of sulfonamides is 1. The molecule has 31 heavy (non-hydrogen) atoms. The SMILES string of the molecule is Cc1nnc(-c2ncc3c(N4C[C@H](C)N[C@@H](C)C4)cc(S(=O)(=O)NC4(C)CC4)cn23)o1. The predicted molar refractivity (Wildman–Crippen MR) is 115 cm³/mol. The van der Waals surface area contributed by atoms with E-state index >= 15 is 0 Å². The molecule has 1 saturated carbocycles. The number of imidazole rings is 1. The van der Waals surface area contributed by atoms with Crippen LogP contribution in [-0.2, 0) is 10.0 Å². The highest BCUT2D eigenvalue weighted by Gasteiger charge is 2.41. The number of nitrogens with one attached hydrogen (secondary N) is 2. The standard InChI is InChI=1S/C20H27N7O3S/c1-12-9-26(10-13(2)22-12)16-7-15(31(28,29)25-20(4)5-6-20)11-27-17(16)8-21-18(27)19-24-23-14(3)30-19/h7-8,11-13,22,25H,5-6,9-10H2,1-4H3/t12-,13-/m0/s1. The van der Waals surface area contributed by atoms with Gasteiger partial charge in [0, 0.05) is 43.8 Å². The third-order valence-electron chi connectivity index (χ3n) is 5.90. The van der Waals surface area contributed by atoms with Crippen molar-refractivity contribution in [3.05, 3.63) is 24.4 Å². The molecule has 2 aliphatic rings. The maximum absolute atomic E-state index is 13.2. The Balaban J connectivity index is 1.68. The number of pyridine rings is 1. The van der Waals surface area contributed by atoms with Crippen molar-refractivity contribution in [1.82, 2.24) is 29.6 Å². The zero-order valence-electron chi connectivity index (χ0n) is 18.1. The molecular formula is C20H27N7O3S. The molecule has 11 heteroatoms. The average Bonchev–Trinajstić information content (AvgIpc) is 3.07. The van der Waals surface area contributed by atoms with Crippen LogP contribution in [0.1, 0.15) is 39.5 Å². The zero-order chi connectivity index (χ0) is 22.0. The number of hydrogen-bond acceptors (Lipinski definition) is 8. The summed E-state index contributed by atoms with van der Waals surface area (Å²) in [5.74, 6) is 1.09. The molecule has 0 amide bonds. The summed E-state index contributed by atoms with van der Waals surface area (Å²) in [6.07, 6.45) is 4.99. The molecule has 4 heterocycles. The summed E-state index contributed by atoms with van der Waals surface area (Å²) in [4.78, 5) is 6.90. The van der Waals surface area contributed by atoms with E-state index < -0.39 is 10.0 Å². The van der Waals surface area contributed by atoms with Crippen molar-refractivity contribution in [2.45, 2.75) is 63.1 Å². The highest BCUT2D eigenvalue weighted by molar-refractivity contribution is 7.89. The molecule has 2 fully saturated rings.